The van der Waals surface area contributed by atoms with E-state index in [0.29, 0.717) is 36.9 Å². The Bertz CT molecular complexity index is 1150. The zero-order valence-corrected chi connectivity index (χ0v) is 18.5. The largest absolute Gasteiger partial charge is 0.435 e. The van der Waals surface area contributed by atoms with E-state index < -0.39 is 24.3 Å². The number of rotatable bonds is 5. The van der Waals surface area contributed by atoms with Crippen molar-refractivity contribution >= 4 is 28.2 Å². The third-order valence-corrected chi connectivity index (χ3v) is 6.44. The number of ether oxygens (including phenoxy) is 1. The van der Waals surface area contributed by atoms with Crippen LogP contribution in [0, 0.1) is 6.92 Å². The van der Waals surface area contributed by atoms with Crippen molar-refractivity contribution in [1.82, 2.24) is 14.7 Å². The van der Waals surface area contributed by atoms with Gasteiger partial charge in [0.1, 0.15) is 11.5 Å². The standard InChI is InChI=1S/C22H21F3N4O3S/c1-14-18(21(31)28-9-11-32-12-10-28)20(33-19(14)15-5-3-2-4-6-15)26-17(30)13-29-8-7-16(27-29)22(23,24)25/h2-8H,9-13H2,1H3,(H,26,30). The fraction of sp³-hybridized carbons (Fsp3) is 0.318. The van der Waals surface area contributed by atoms with E-state index in [1.807, 2.05) is 37.3 Å². The van der Waals surface area contributed by atoms with Gasteiger partial charge in [-0.3, -0.25) is 14.3 Å². The van der Waals surface area contributed by atoms with E-state index in [9.17, 15) is 22.8 Å². The van der Waals surface area contributed by atoms with Gasteiger partial charge >= 0.3 is 6.18 Å². The number of alkyl halides is 3. The summed E-state index contributed by atoms with van der Waals surface area (Å²) >= 11 is 1.26. The molecule has 3 heterocycles. The van der Waals surface area contributed by atoms with Gasteiger partial charge in [-0.1, -0.05) is 30.3 Å². The Morgan fingerprint density at radius 3 is 2.48 bits per heavy atom. The molecule has 4 rings (SSSR count). The average Bonchev–Trinajstić information content (AvgIpc) is 3.39. The van der Waals surface area contributed by atoms with Gasteiger partial charge in [-0.2, -0.15) is 18.3 Å². The van der Waals surface area contributed by atoms with Crippen molar-refractivity contribution in [2.75, 3.05) is 31.6 Å². The summed E-state index contributed by atoms with van der Waals surface area (Å²) in [7, 11) is 0. The van der Waals surface area contributed by atoms with Gasteiger partial charge in [-0.25, -0.2) is 0 Å². The van der Waals surface area contributed by atoms with Crippen LogP contribution in [0.1, 0.15) is 21.6 Å². The van der Waals surface area contributed by atoms with E-state index in [0.717, 1.165) is 32.9 Å². The lowest BCUT2D eigenvalue weighted by Crippen LogP contribution is -2.41. The fourth-order valence-corrected chi connectivity index (χ4v) is 4.78. The highest BCUT2D eigenvalue weighted by molar-refractivity contribution is 7.20. The van der Waals surface area contributed by atoms with Gasteiger partial charge in [0.05, 0.1) is 18.8 Å². The molecule has 1 N–H and O–H groups in total. The number of carbonyl (C=O) groups is 2. The number of halogens is 3. The first-order valence-corrected chi connectivity index (χ1v) is 11.0. The molecule has 0 aliphatic carbocycles. The minimum atomic E-state index is -4.59. The summed E-state index contributed by atoms with van der Waals surface area (Å²) in [5.41, 5.74) is 0.942. The molecule has 1 saturated heterocycles. The number of anilines is 1. The Morgan fingerprint density at radius 2 is 1.85 bits per heavy atom. The van der Waals surface area contributed by atoms with E-state index in [-0.39, 0.29) is 5.91 Å². The normalized spacial score (nSPS) is 14.4. The molecule has 33 heavy (non-hydrogen) atoms. The number of morpholine rings is 1. The Kier molecular flexibility index (Phi) is 6.52. The molecule has 1 fully saturated rings. The molecule has 1 aliphatic rings. The highest BCUT2D eigenvalue weighted by Gasteiger charge is 2.34. The number of nitrogens with one attached hydrogen (secondary N) is 1. The van der Waals surface area contributed by atoms with Crippen molar-refractivity contribution in [3.8, 4) is 10.4 Å². The predicted molar refractivity (Wildman–Crippen MR) is 117 cm³/mol. The second kappa shape index (κ2) is 9.36. The first kappa shape index (κ1) is 23.0. The molecular formula is C22H21F3N4O3S. The number of nitrogens with zero attached hydrogens (tertiary/aromatic N) is 3. The Morgan fingerprint density at radius 1 is 1.15 bits per heavy atom. The van der Waals surface area contributed by atoms with Crippen molar-refractivity contribution in [3.05, 3.63) is 59.4 Å². The van der Waals surface area contributed by atoms with Gasteiger partial charge in [0.15, 0.2) is 5.69 Å². The highest BCUT2D eigenvalue weighted by Crippen LogP contribution is 2.40. The number of thiophene rings is 1. The highest BCUT2D eigenvalue weighted by atomic mass is 32.1. The summed E-state index contributed by atoms with van der Waals surface area (Å²) in [5.74, 6) is -0.799. The maximum absolute atomic E-state index is 13.3. The SMILES string of the molecule is Cc1c(-c2ccccc2)sc(NC(=O)Cn2ccc(C(F)(F)F)n2)c1C(=O)N1CCOCC1. The van der Waals surface area contributed by atoms with E-state index >= 15 is 0 Å². The first-order valence-electron chi connectivity index (χ1n) is 10.2. The lowest BCUT2D eigenvalue weighted by molar-refractivity contribution is -0.141. The molecule has 0 saturated carbocycles. The molecule has 7 nitrogen and oxygen atoms in total. The first-order chi connectivity index (χ1) is 15.7. The van der Waals surface area contributed by atoms with E-state index in [2.05, 4.69) is 10.4 Å². The Balaban J connectivity index is 1.62. The number of benzene rings is 1. The monoisotopic (exact) mass is 478 g/mol. The number of hydrogen-bond donors (Lipinski definition) is 1. The molecule has 174 valence electrons. The van der Waals surface area contributed by atoms with Crippen LogP contribution in [0.15, 0.2) is 42.6 Å². The third-order valence-electron chi connectivity index (χ3n) is 5.18. The topological polar surface area (TPSA) is 76.5 Å². The predicted octanol–water partition coefficient (Wildman–Crippen LogP) is 4.05. The van der Waals surface area contributed by atoms with Gasteiger partial charge < -0.3 is 15.0 Å². The van der Waals surface area contributed by atoms with E-state index in [1.165, 1.54) is 11.3 Å². The summed E-state index contributed by atoms with van der Waals surface area (Å²) < 4.78 is 44.6. The number of hydrogen-bond acceptors (Lipinski definition) is 5. The fourth-order valence-electron chi connectivity index (χ4n) is 3.56. The zero-order valence-electron chi connectivity index (χ0n) is 17.7. The molecular weight excluding hydrogens is 457 g/mol. The number of carbonyl (C=O) groups excluding carboxylic acids is 2. The van der Waals surface area contributed by atoms with E-state index in [1.54, 1.807) is 4.90 Å². The molecule has 1 aromatic carbocycles. The molecule has 3 aromatic rings. The average molecular weight is 478 g/mol. The van der Waals surface area contributed by atoms with Crippen molar-refractivity contribution in [3.63, 3.8) is 0 Å². The Hall–Kier alpha value is -3.18. The van der Waals surface area contributed by atoms with Crippen LogP contribution >= 0.6 is 11.3 Å². The summed E-state index contributed by atoms with van der Waals surface area (Å²) in [6.07, 6.45) is -3.49. The van der Waals surface area contributed by atoms with Crippen LogP contribution in [0.25, 0.3) is 10.4 Å². The summed E-state index contributed by atoms with van der Waals surface area (Å²) in [4.78, 5) is 28.5. The maximum atomic E-state index is 13.3. The maximum Gasteiger partial charge on any atom is 0.435 e. The molecule has 0 atom stereocenters. The quantitative estimate of drug-likeness (QED) is 0.600. The van der Waals surface area contributed by atoms with Crippen LogP contribution < -0.4 is 5.32 Å². The second-order valence-electron chi connectivity index (χ2n) is 7.48. The van der Waals surface area contributed by atoms with Gasteiger partial charge in [-0.05, 0) is 24.1 Å². The summed E-state index contributed by atoms with van der Waals surface area (Å²) in [6, 6.07) is 10.3. The van der Waals surface area contributed by atoms with Crippen LogP contribution in [-0.4, -0.2) is 52.8 Å². The van der Waals surface area contributed by atoms with Crippen LogP contribution in [0.2, 0.25) is 0 Å². The molecule has 2 amide bonds. The Labute approximate surface area is 191 Å². The molecule has 0 spiro atoms. The number of amides is 2. The molecule has 0 radical (unpaired) electrons. The van der Waals surface area contributed by atoms with Gasteiger partial charge in [-0.15, -0.1) is 11.3 Å². The van der Waals surface area contributed by atoms with Crippen LogP contribution in [0.3, 0.4) is 0 Å². The van der Waals surface area contributed by atoms with Crippen molar-refractivity contribution in [2.24, 2.45) is 0 Å². The van der Waals surface area contributed by atoms with Crippen LogP contribution in [0.5, 0.6) is 0 Å². The van der Waals surface area contributed by atoms with Crippen molar-refractivity contribution in [1.29, 1.82) is 0 Å². The smallest absolute Gasteiger partial charge is 0.378 e. The van der Waals surface area contributed by atoms with E-state index in [4.69, 9.17) is 4.74 Å². The molecule has 0 unspecified atom stereocenters. The second-order valence-corrected chi connectivity index (χ2v) is 8.50. The minimum absolute atomic E-state index is 0.219. The lowest BCUT2D eigenvalue weighted by atomic mass is 10.1. The van der Waals surface area contributed by atoms with Gasteiger partial charge in [0.25, 0.3) is 5.91 Å². The van der Waals surface area contributed by atoms with Crippen molar-refractivity contribution in [2.45, 2.75) is 19.6 Å². The summed E-state index contributed by atoms with van der Waals surface area (Å²) in [5, 5.41) is 6.48. The molecule has 11 heteroatoms. The summed E-state index contributed by atoms with van der Waals surface area (Å²) in [6.45, 7) is 3.15. The van der Waals surface area contributed by atoms with Crippen LogP contribution in [-0.2, 0) is 22.3 Å². The van der Waals surface area contributed by atoms with Crippen molar-refractivity contribution < 1.29 is 27.5 Å². The lowest BCUT2D eigenvalue weighted by Gasteiger charge is -2.27. The van der Waals surface area contributed by atoms with Gasteiger partial charge in [0, 0.05) is 24.2 Å². The number of aromatic nitrogens is 2. The minimum Gasteiger partial charge on any atom is -0.378 e. The van der Waals surface area contributed by atoms with Crippen LogP contribution in [0.4, 0.5) is 18.2 Å². The van der Waals surface area contributed by atoms with Gasteiger partial charge in [0.2, 0.25) is 5.91 Å². The zero-order chi connectivity index (χ0) is 23.6. The molecule has 2 aromatic heterocycles. The molecule has 0 bridgehead atoms. The molecule has 1 aliphatic heterocycles. The third kappa shape index (κ3) is 5.09.